The van der Waals surface area contributed by atoms with Gasteiger partial charge in [-0.2, -0.15) is 0 Å². The number of carbonyl (C=O) groups excluding carboxylic acids is 1. The first-order valence-corrected chi connectivity index (χ1v) is 12.4. The van der Waals surface area contributed by atoms with E-state index in [4.69, 9.17) is 36.1 Å². The van der Waals surface area contributed by atoms with Gasteiger partial charge in [-0.25, -0.2) is 20.0 Å². The molecule has 1 aliphatic rings. The van der Waals surface area contributed by atoms with Gasteiger partial charge in [0.1, 0.15) is 36.2 Å². The molecule has 32 heavy (non-hydrogen) atoms. The van der Waals surface area contributed by atoms with Gasteiger partial charge in [0.25, 0.3) is 6.64 Å². The normalized spacial score (nSPS) is 26.3. The van der Waals surface area contributed by atoms with Crippen molar-refractivity contribution >= 4 is 41.4 Å². The number of aromatic nitrogens is 4. The predicted molar refractivity (Wildman–Crippen MR) is 117 cm³/mol. The number of nitrogens with zero attached hydrogens (tertiary/aromatic N) is 4. The molecule has 0 saturated carbocycles. The molecular weight excluding hydrogens is 463 g/mol. The number of fused-ring (bicyclic) bond motifs is 1. The van der Waals surface area contributed by atoms with Gasteiger partial charge in [-0.3, -0.25) is 9.36 Å². The van der Waals surface area contributed by atoms with E-state index in [0.29, 0.717) is 11.2 Å². The van der Waals surface area contributed by atoms with Gasteiger partial charge in [-0.15, -0.1) is 0 Å². The van der Waals surface area contributed by atoms with Crippen molar-refractivity contribution in [2.45, 2.75) is 57.5 Å². The lowest BCUT2D eigenvalue weighted by Gasteiger charge is -2.28. The number of hydrogen-bond donors (Lipinski definition) is 4. The highest BCUT2D eigenvalue weighted by Gasteiger charge is 2.45. The molecule has 0 bridgehead atoms. The van der Waals surface area contributed by atoms with Crippen LogP contribution in [0.5, 0.6) is 0 Å². The summed E-state index contributed by atoms with van der Waals surface area (Å²) in [6.45, 7) is 1.74. The number of rotatable bonds is 9. The van der Waals surface area contributed by atoms with Gasteiger partial charge >= 0.3 is 5.97 Å². The van der Waals surface area contributed by atoms with Gasteiger partial charge in [0, 0.05) is 0 Å². The summed E-state index contributed by atoms with van der Waals surface area (Å²) in [5.74, 6) is -0.352. The number of imidazole rings is 1. The van der Waals surface area contributed by atoms with Crippen LogP contribution in [0.3, 0.4) is 0 Å². The number of aliphatic hydroxyl groups excluding tert-OH is 2. The Morgan fingerprint density at radius 3 is 2.72 bits per heavy atom. The lowest BCUT2D eigenvalue weighted by atomic mass is 10.1. The van der Waals surface area contributed by atoms with Crippen molar-refractivity contribution in [3.05, 3.63) is 12.7 Å². The zero-order valence-corrected chi connectivity index (χ0v) is 19.7. The van der Waals surface area contributed by atoms with Crippen LogP contribution in [-0.4, -0.2) is 79.9 Å². The molecule has 3 rings (SSSR count). The molecule has 0 aliphatic carbocycles. The fraction of sp³-hybridized carbons (Fsp3) is 0.647. The van der Waals surface area contributed by atoms with E-state index in [1.807, 2.05) is 0 Å². The van der Waals surface area contributed by atoms with E-state index in [2.05, 4.69) is 20.0 Å². The minimum Gasteiger partial charge on any atom is -0.468 e. The third kappa shape index (κ3) is 5.24. The molecule has 6 atom stereocenters. The van der Waals surface area contributed by atoms with Crippen molar-refractivity contribution in [1.29, 1.82) is 0 Å². The summed E-state index contributed by atoms with van der Waals surface area (Å²) in [5.41, 5.74) is 6.49. The Morgan fingerprint density at radius 1 is 1.34 bits per heavy atom. The number of aliphatic hydroxyl groups is 2. The highest BCUT2D eigenvalue weighted by atomic mass is 32.5. The van der Waals surface area contributed by atoms with E-state index >= 15 is 0 Å². The quantitative estimate of drug-likeness (QED) is 0.270. The van der Waals surface area contributed by atoms with Crippen LogP contribution in [0.2, 0.25) is 0 Å². The van der Waals surface area contributed by atoms with Crippen LogP contribution in [-0.2, 0) is 35.1 Å². The Bertz CT molecular complexity index is 1010. The van der Waals surface area contributed by atoms with Crippen molar-refractivity contribution in [2.75, 3.05) is 19.5 Å². The summed E-state index contributed by atoms with van der Waals surface area (Å²) in [4.78, 5) is 23.9. The average molecular weight is 490 g/mol. The summed E-state index contributed by atoms with van der Waals surface area (Å²) < 4.78 is 23.5. The van der Waals surface area contributed by atoms with Gasteiger partial charge in [0.2, 0.25) is 0 Å². The highest BCUT2D eigenvalue weighted by molar-refractivity contribution is 8.09. The van der Waals surface area contributed by atoms with E-state index in [0.717, 1.165) is 0 Å². The molecule has 1 aliphatic heterocycles. The number of ether oxygens (including phenoxy) is 2. The molecule has 178 valence electrons. The number of nitrogens with two attached hydrogens (primary N) is 1. The molecule has 0 amide bonds. The Hall–Kier alpha value is -1.77. The maximum Gasteiger partial charge on any atom is 0.323 e. The van der Waals surface area contributed by atoms with Crippen LogP contribution < -0.4 is 10.8 Å². The molecule has 2 aromatic rings. The third-order valence-corrected chi connectivity index (χ3v) is 7.45. The molecular formula is C17H27N6O7PS. The second kappa shape index (κ2) is 10.0. The molecule has 2 aromatic heterocycles. The first-order valence-electron chi connectivity index (χ1n) is 9.79. The number of nitrogens with one attached hydrogen (secondary N) is 1. The van der Waals surface area contributed by atoms with Crippen LogP contribution in [0.15, 0.2) is 12.7 Å². The SMILES string of the molecule is COC(=O)[C@H](C)NP(=S)(OC[C@H]1O[C@@H](n2cnc3c(N)ncnc32)[C@H](O)[C@@H]1O)OC(C)C. The number of carbonyl (C=O) groups is 1. The van der Waals surface area contributed by atoms with Crippen LogP contribution in [0.4, 0.5) is 5.82 Å². The molecule has 1 saturated heterocycles. The second-order valence-corrected chi connectivity index (χ2v) is 10.6. The summed E-state index contributed by atoms with van der Waals surface area (Å²) in [5, 5.41) is 24.0. The minimum absolute atomic E-state index is 0.180. The van der Waals surface area contributed by atoms with E-state index in [1.54, 1.807) is 20.8 Å². The number of hydrogen-bond acceptors (Lipinski definition) is 12. The summed E-state index contributed by atoms with van der Waals surface area (Å²) >= 11 is 5.51. The van der Waals surface area contributed by atoms with Crippen LogP contribution >= 0.6 is 6.64 Å². The van der Waals surface area contributed by atoms with Crippen LogP contribution in [0.25, 0.3) is 11.2 Å². The number of esters is 1. The summed E-state index contributed by atoms with van der Waals surface area (Å²) in [6.07, 6.45) is -2.18. The van der Waals surface area contributed by atoms with Crippen LogP contribution in [0, 0.1) is 0 Å². The molecule has 1 unspecified atom stereocenters. The topological polar surface area (TPSA) is 176 Å². The van der Waals surface area contributed by atoms with Gasteiger partial charge in [0.05, 0.1) is 26.1 Å². The molecule has 0 radical (unpaired) electrons. The highest BCUT2D eigenvalue weighted by Crippen LogP contribution is 2.47. The number of nitrogen functional groups attached to an aromatic ring is 1. The van der Waals surface area contributed by atoms with Crippen molar-refractivity contribution in [3.63, 3.8) is 0 Å². The standard InChI is InChI=1S/C17H27N6O7PS/c1-8(2)30-31(32,22-9(3)17(26)27-4)28-5-10-12(24)13(25)16(29-10)23-7-21-11-14(18)19-6-20-15(11)23/h6-10,12-13,16,24-25H,5H2,1-4H3,(H,22,32)(H2,18,19,20)/t9-,10+,12+,13+,16+,31?/m0/s1. The molecule has 5 N–H and O–H groups in total. The first kappa shape index (κ1) is 24.9. The lowest BCUT2D eigenvalue weighted by molar-refractivity contribution is -0.142. The first-order chi connectivity index (χ1) is 15.1. The van der Waals surface area contributed by atoms with Crippen LogP contribution in [0.1, 0.15) is 27.0 Å². The monoisotopic (exact) mass is 490 g/mol. The smallest absolute Gasteiger partial charge is 0.323 e. The second-order valence-electron chi connectivity index (χ2n) is 7.45. The fourth-order valence-corrected chi connectivity index (χ4v) is 6.01. The zero-order valence-electron chi connectivity index (χ0n) is 18.0. The minimum atomic E-state index is -3.17. The zero-order chi connectivity index (χ0) is 23.6. The Morgan fingerprint density at radius 2 is 2.06 bits per heavy atom. The van der Waals surface area contributed by atoms with Crippen molar-refractivity contribution in [2.24, 2.45) is 0 Å². The van der Waals surface area contributed by atoms with E-state index in [9.17, 15) is 15.0 Å². The van der Waals surface area contributed by atoms with E-state index in [1.165, 1.54) is 24.3 Å². The molecule has 3 heterocycles. The summed E-state index contributed by atoms with van der Waals surface area (Å²) in [7, 11) is 1.26. The molecule has 0 aromatic carbocycles. The van der Waals surface area contributed by atoms with Crippen molar-refractivity contribution < 1.29 is 33.5 Å². The maximum absolute atomic E-state index is 11.8. The Balaban J connectivity index is 1.74. The number of anilines is 1. The van der Waals surface area contributed by atoms with Crippen molar-refractivity contribution in [3.8, 4) is 0 Å². The molecule has 13 nitrogen and oxygen atoms in total. The molecule has 15 heteroatoms. The van der Waals surface area contributed by atoms with Gasteiger partial charge in [0.15, 0.2) is 17.7 Å². The van der Waals surface area contributed by atoms with Gasteiger partial charge < -0.3 is 34.5 Å². The average Bonchev–Trinajstić information content (AvgIpc) is 3.28. The van der Waals surface area contributed by atoms with E-state index in [-0.39, 0.29) is 18.5 Å². The third-order valence-electron chi connectivity index (χ3n) is 4.66. The molecule has 0 spiro atoms. The fourth-order valence-electron chi connectivity index (χ4n) is 3.17. The predicted octanol–water partition coefficient (Wildman–Crippen LogP) is -0.155. The Labute approximate surface area is 189 Å². The maximum atomic E-state index is 11.8. The molecule has 1 fully saturated rings. The summed E-state index contributed by atoms with van der Waals surface area (Å²) in [6, 6.07) is -0.778. The number of methoxy groups -OCH3 is 1. The van der Waals surface area contributed by atoms with Gasteiger partial charge in [-0.05, 0) is 32.6 Å². The lowest BCUT2D eigenvalue weighted by Crippen LogP contribution is -2.37. The Kier molecular flexibility index (Phi) is 7.78. The van der Waals surface area contributed by atoms with E-state index < -0.39 is 43.2 Å². The van der Waals surface area contributed by atoms with Gasteiger partial charge in [-0.1, -0.05) is 0 Å². The van der Waals surface area contributed by atoms with Crippen molar-refractivity contribution in [1.82, 2.24) is 24.6 Å². The largest absolute Gasteiger partial charge is 0.468 e.